The van der Waals surface area contributed by atoms with Crippen LogP contribution in [0, 0.1) is 11.8 Å². The van der Waals surface area contributed by atoms with Crippen LogP contribution < -0.4 is 0 Å². The predicted molar refractivity (Wildman–Crippen MR) is 155 cm³/mol. The quantitative estimate of drug-likeness (QED) is 0.286. The zero-order valence-corrected chi connectivity index (χ0v) is 24.7. The highest BCUT2D eigenvalue weighted by atomic mass is 16.7. The molecule has 4 aliphatic heterocycles. The van der Waals surface area contributed by atoms with Gasteiger partial charge < -0.3 is 29.2 Å². The zero-order valence-electron chi connectivity index (χ0n) is 24.7. The lowest BCUT2D eigenvalue weighted by molar-refractivity contribution is -0.265. The Balaban J connectivity index is 1.56. The van der Waals surface area contributed by atoms with Crippen LogP contribution in [0.2, 0.25) is 0 Å². The van der Waals surface area contributed by atoms with Gasteiger partial charge in [-0.1, -0.05) is 55.9 Å². The van der Waals surface area contributed by atoms with E-state index in [-0.39, 0.29) is 36.6 Å². The lowest BCUT2D eigenvalue weighted by Gasteiger charge is -2.44. The molecule has 0 bridgehead atoms. The van der Waals surface area contributed by atoms with E-state index < -0.39 is 35.9 Å². The normalized spacial score (nSPS) is 41.3. The van der Waals surface area contributed by atoms with Crippen LogP contribution in [0.25, 0.3) is 0 Å². The van der Waals surface area contributed by atoms with Gasteiger partial charge in [-0.3, -0.25) is 9.59 Å². The number of hydrogen-bond acceptors (Lipinski definition) is 8. The molecular weight excluding hydrogens is 524 g/mol. The van der Waals surface area contributed by atoms with Crippen LogP contribution >= 0.6 is 0 Å². The molecule has 0 aliphatic carbocycles. The summed E-state index contributed by atoms with van der Waals surface area (Å²) in [5, 5.41) is 21.0. The Morgan fingerprint density at radius 1 is 1.10 bits per heavy atom. The van der Waals surface area contributed by atoms with Gasteiger partial charge in [-0.25, -0.2) is 0 Å². The van der Waals surface area contributed by atoms with E-state index in [1.54, 1.807) is 50.3 Å². The van der Waals surface area contributed by atoms with E-state index in [1.807, 2.05) is 26.0 Å². The summed E-state index contributed by atoms with van der Waals surface area (Å²) in [6.07, 6.45) is 14.4. The Labute approximate surface area is 243 Å². The summed E-state index contributed by atoms with van der Waals surface area (Å²) in [6, 6.07) is 0. The van der Waals surface area contributed by atoms with Crippen molar-refractivity contribution < 1.29 is 38.7 Å². The molecule has 0 aromatic carbocycles. The Bertz CT molecular complexity index is 1160. The molecule has 9 atom stereocenters. The van der Waals surface area contributed by atoms with Gasteiger partial charge in [0.25, 0.3) is 0 Å². The average molecular weight is 569 g/mol. The predicted octanol–water partition coefficient (Wildman–Crippen LogP) is 4.44. The molecule has 4 aliphatic rings. The topological polar surface area (TPSA) is 115 Å². The highest BCUT2D eigenvalue weighted by Crippen LogP contribution is 2.42. The molecule has 8 heteroatoms. The first-order valence-electron chi connectivity index (χ1n) is 14.6. The number of carbonyl (C=O) groups is 2. The molecule has 2 saturated heterocycles. The number of cyclic esters (lactones) is 1. The van der Waals surface area contributed by atoms with Crippen LogP contribution in [0.5, 0.6) is 0 Å². The minimum absolute atomic E-state index is 0.0246. The van der Waals surface area contributed by atoms with Crippen LogP contribution in [-0.2, 0) is 28.5 Å². The fourth-order valence-electron chi connectivity index (χ4n) is 5.62. The van der Waals surface area contributed by atoms with Crippen molar-refractivity contribution >= 4 is 11.8 Å². The molecule has 8 nitrogen and oxygen atoms in total. The number of fused-ring (bicyclic) bond motifs is 1. The second-order valence-corrected chi connectivity index (χ2v) is 11.8. The highest BCUT2D eigenvalue weighted by molar-refractivity contribution is 5.99. The highest BCUT2D eigenvalue weighted by Gasteiger charge is 2.47. The average Bonchev–Trinajstić information content (AvgIpc) is 3.53. The van der Waals surface area contributed by atoms with Gasteiger partial charge in [-0.15, -0.1) is 0 Å². The van der Waals surface area contributed by atoms with Gasteiger partial charge in [0.15, 0.2) is 11.6 Å². The standard InChI is InChI=1S/C33H44O8/c1-20-8-6-9-22(3)31(37)25(34)11-12-27-29(39-27)19-28(40-30(36)13-10-21(2)26(35)18-20)24(5)32-23(4)14-16-33(41-32)15-7-17-38-33/h6-12,15,18,23-29,32,34-35H,13-14,16-17,19H2,1-5H3/b8-6?,12-11+,20-18?,21-10+,22-9-/t23-,24+,25+,26-,27-,28+,29-,32-,33-/m1/s1. The number of ether oxygens (including phenoxy) is 4. The first kappa shape index (κ1) is 31.3. The van der Waals surface area contributed by atoms with Crippen LogP contribution in [-0.4, -0.2) is 71.0 Å². The van der Waals surface area contributed by atoms with Crippen LogP contribution in [0.15, 0.2) is 71.4 Å². The minimum atomic E-state index is -1.29. The number of esters is 1. The minimum Gasteiger partial charge on any atom is -0.462 e. The summed E-state index contributed by atoms with van der Waals surface area (Å²) in [5.74, 6) is -1.44. The fourth-order valence-corrected chi connectivity index (χ4v) is 5.62. The molecule has 0 aromatic heterocycles. The monoisotopic (exact) mass is 568 g/mol. The number of hydrogen-bond donors (Lipinski definition) is 2. The lowest BCUT2D eigenvalue weighted by Crippen LogP contribution is -2.49. The van der Waals surface area contributed by atoms with Gasteiger partial charge in [-0.2, -0.15) is 0 Å². The summed E-state index contributed by atoms with van der Waals surface area (Å²) in [7, 11) is 0. The van der Waals surface area contributed by atoms with Gasteiger partial charge in [0, 0.05) is 18.8 Å². The third-order valence-electron chi connectivity index (χ3n) is 8.44. The maximum atomic E-state index is 13.1. The van der Waals surface area contributed by atoms with Crippen molar-refractivity contribution in [2.24, 2.45) is 11.8 Å². The summed E-state index contributed by atoms with van der Waals surface area (Å²) in [6.45, 7) is 9.95. The zero-order chi connectivity index (χ0) is 29.7. The maximum Gasteiger partial charge on any atom is 0.309 e. The second kappa shape index (κ2) is 13.6. The molecule has 224 valence electrons. The largest absolute Gasteiger partial charge is 0.462 e. The van der Waals surface area contributed by atoms with Gasteiger partial charge in [-0.05, 0) is 62.5 Å². The molecular formula is C33H44O8. The maximum absolute atomic E-state index is 13.1. The van der Waals surface area contributed by atoms with Crippen molar-refractivity contribution in [3.8, 4) is 0 Å². The summed E-state index contributed by atoms with van der Waals surface area (Å²) in [5.41, 5.74) is 1.82. The van der Waals surface area contributed by atoms with Gasteiger partial charge in [0.05, 0.1) is 31.3 Å². The van der Waals surface area contributed by atoms with E-state index in [0.717, 1.165) is 18.4 Å². The number of aliphatic hydroxyl groups is 2. The number of rotatable bonds is 2. The summed E-state index contributed by atoms with van der Waals surface area (Å²) < 4.78 is 24.3. The molecule has 4 heterocycles. The van der Waals surface area contributed by atoms with E-state index in [0.29, 0.717) is 24.2 Å². The lowest BCUT2D eigenvalue weighted by atomic mass is 9.81. The van der Waals surface area contributed by atoms with Gasteiger partial charge in [0.1, 0.15) is 18.3 Å². The van der Waals surface area contributed by atoms with Crippen LogP contribution in [0.4, 0.5) is 0 Å². The number of Topliss-reactive ketones (excluding diaryl/α,β-unsaturated/α-hetero) is 1. The Morgan fingerprint density at radius 2 is 1.88 bits per heavy atom. The molecule has 4 rings (SSSR count). The van der Waals surface area contributed by atoms with Gasteiger partial charge in [0.2, 0.25) is 0 Å². The summed E-state index contributed by atoms with van der Waals surface area (Å²) >= 11 is 0. The van der Waals surface area contributed by atoms with Crippen molar-refractivity contribution in [1.29, 1.82) is 0 Å². The first-order valence-corrected chi connectivity index (χ1v) is 14.6. The molecule has 0 unspecified atom stereocenters. The number of epoxide rings is 1. The molecule has 0 radical (unpaired) electrons. The third kappa shape index (κ3) is 8.23. The fraction of sp³-hybridized carbons (Fsp3) is 0.576. The van der Waals surface area contributed by atoms with E-state index >= 15 is 0 Å². The SMILES string of the molecule is CC1=C[C@@H](O)/C(C)=C/CC(=O)O[C@H]([C@H](C)[C@@H]2O[C@]3(C=CCO3)CC[C@H]2C)C[C@H]2O[C@@H]2/C=C/[C@H](O)C(=O)/C(C)=C\C=C1. The van der Waals surface area contributed by atoms with Crippen LogP contribution in [0.3, 0.4) is 0 Å². The molecule has 41 heavy (non-hydrogen) atoms. The van der Waals surface area contributed by atoms with Crippen molar-refractivity contribution in [2.75, 3.05) is 6.61 Å². The summed E-state index contributed by atoms with van der Waals surface area (Å²) in [4.78, 5) is 25.7. The third-order valence-corrected chi connectivity index (χ3v) is 8.44. The first-order chi connectivity index (χ1) is 19.5. The number of aliphatic hydroxyl groups excluding tert-OH is 2. The molecule has 2 fully saturated rings. The van der Waals surface area contributed by atoms with Crippen molar-refractivity contribution in [2.45, 2.75) is 103 Å². The molecule has 0 saturated carbocycles. The number of carbonyl (C=O) groups excluding carboxylic acids is 2. The molecule has 0 aromatic rings. The second-order valence-electron chi connectivity index (χ2n) is 11.8. The van der Waals surface area contributed by atoms with Crippen molar-refractivity contribution in [3.05, 3.63) is 71.4 Å². The Hall–Kier alpha value is -2.62. The van der Waals surface area contributed by atoms with Crippen LogP contribution in [0.1, 0.15) is 60.3 Å². The Morgan fingerprint density at radius 3 is 2.61 bits per heavy atom. The molecule has 1 spiro atoms. The van der Waals surface area contributed by atoms with Gasteiger partial charge >= 0.3 is 5.97 Å². The molecule has 2 N–H and O–H groups in total. The van der Waals surface area contributed by atoms with E-state index in [1.165, 1.54) is 6.08 Å². The molecule has 0 amide bonds. The number of allylic oxidation sites excluding steroid dienone is 4. The smallest absolute Gasteiger partial charge is 0.309 e. The van der Waals surface area contributed by atoms with Crippen molar-refractivity contribution in [1.82, 2.24) is 0 Å². The van der Waals surface area contributed by atoms with Crippen molar-refractivity contribution in [3.63, 3.8) is 0 Å². The Kier molecular flexibility index (Phi) is 10.4. The van der Waals surface area contributed by atoms with E-state index in [4.69, 9.17) is 18.9 Å². The number of ketones is 1. The van der Waals surface area contributed by atoms with E-state index in [9.17, 15) is 19.8 Å². The van der Waals surface area contributed by atoms with E-state index in [2.05, 4.69) is 6.92 Å².